The maximum absolute atomic E-state index is 6.07. The molecule has 2 N–H and O–H groups in total. The van der Waals surface area contributed by atoms with Crippen LogP contribution in [0.1, 0.15) is 18.4 Å². The first kappa shape index (κ1) is 14.8. The molecule has 0 heterocycles. The predicted octanol–water partition coefficient (Wildman–Crippen LogP) is 3.76. The molecule has 110 valence electrons. The van der Waals surface area contributed by atoms with E-state index in [9.17, 15) is 0 Å². The Kier molecular flexibility index (Phi) is 4.48. The van der Waals surface area contributed by atoms with Gasteiger partial charge in [-0.25, -0.2) is 0 Å². The topological polar surface area (TPSA) is 36.4 Å². The van der Waals surface area contributed by atoms with Crippen LogP contribution in [-0.2, 0) is 0 Å². The fourth-order valence-corrected chi connectivity index (χ4v) is 3.64. The first-order valence-electron chi connectivity index (χ1n) is 6.85. The summed E-state index contributed by atoms with van der Waals surface area (Å²) in [6, 6.07) is 5.75. The van der Waals surface area contributed by atoms with Gasteiger partial charge in [0.1, 0.15) is 0 Å². The van der Waals surface area contributed by atoms with E-state index in [4.69, 9.17) is 35.4 Å². The third-order valence-electron chi connectivity index (χ3n) is 3.95. The maximum atomic E-state index is 6.07. The smallest absolute Gasteiger partial charge is 0.187 e. The zero-order valence-electron chi connectivity index (χ0n) is 11.2. The molecule has 3 atom stereocenters. The van der Waals surface area contributed by atoms with E-state index in [-0.39, 0.29) is 0 Å². The van der Waals surface area contributed by atoms with Gasteiger partial charge in [0.15, 0.2) is 5.11 Å². The lowest BCUT2D eigenvalue weighted by atomic mass is 10.0. The second kappa shape index (κ2) is 6.34. The molecule has 0 aliphatic heterocycles. The van der Waals surface area contributed by atoms with E-state index in [2.05, 4.69) is 28.0 Å². The van der Waals surface area contributed by atoms with E-state index in [0.29, 0.717) is 38.6 Å². The summed E-state index contributed by atoms with van der Waals surface area (Å²) in [6.45, 7) is 0. The number of fused-ring (bicyclic) bond motifs is 2. The van der Waals surface area contributed by atoms with Gasteiger partial charge in [-0.05, 0) is 49.0 Å². The van der Waals surface area contributed by atoms with E-state index >= 15 is 0 Å². The van der Waals surface area contributed by atoms with Gasteiger partial charge < -0.3 is 5.32 Å². The Morgan fingerprint density at radius 2 is 2.00 bits per heavy atom. The minimum absolute atomic E-state index is 0.416. The van der Waals surface area contributed by atoms with Crippen LogP contribution in [0.2, 0.25) is 10.0 Å². The van der Waals surface area contributed by atoms with Crippen molar-refractivity contribution in [1.82, 2.24) is 10.7 Å². The Morgan fingerprint density at radius 1 is 1.24 bits per heavy atom. The second-order valence-corrected chi connectivity index (χ2v) is 6.59. The summed E-state index contributed by atoms with van der Waals surface area (Å²) in [5, 5.41) is 9.07. The molecule has 2 aliphatic carbocycles. The number of benzene rings is 1. The molecular formula is C15H15Cl2N3S. The van der Waals surface area contributed by atoms with E-state index in [1.54, 1.807) is 24.4 Å². The lowest BCUT2D eigenvalue weighted by molar-refractivity contribution is 0.521. The first-order valence-corrected chi connectivity index (χ1v) is 8.02. The highest BCUT2D eigenvalue weighted by atomic mass is 35.5. The number of nitrogens with one attached hydrogen (secondary N) is 2. The Hall–Kier alpha value is -1.10. The van der Waals surface area contributed by atoms with Crippen LogP contribution in [0, 0.1) is 11.8 Å². The highest BCUT2D eigenvalue weighted by Crippen LogP contribution is 2.38. The number of nitrogens with zero attached hydrogens (tertiary/aromatic N) is 1. The molecular weight excluding hydrogens is 325 g/mol. The Labute approximate surface area is 139 Å². The van der Waals surface area contributed by atoms with Crippen molar-refractivity contribution in [3.8, 4) is 0 Å². The lowest BCUT2D eigenvalue weighted by Gasteiger charge is -2.20. The van der Waals surface area contributed by atoms with Gasteiger partial charge in [0, 0.05) is 11.6 Å². The van der Waals surface area contributed by atoms with Crippen LogP contribution in [0.5, 0.6) is 0 Å². The van der Waals surface area contributed by atoms with Gasteiger partial charge in [-0.3, -0.25) is 5.43 Å². The predicted molar refractivity (Wildman–Crippen MR) is 92.1 cm³/mol. The van der Waals surface area contributed by atoms with Gasteiger partial charge in [0.05, 0.1) is 16.3 Å². The molecule has 21 heavy (non-hydrogen) atoms. The summed E-state index contributed by atoms with van der Waals surface area (Å²) in [5.74, 6) is 1.30. The Bertz CT molecular complexity index is 595. The molecule has 0 radical (unpaired) electrons. The number of hydrogen-bond acceptors (Lipinski definition) is 2. The largest absolute Gasteiger partial charge is 0.358 e. The number of thiocarbonyl (C=S) groups is 1. The van der Waals surface area contributed by atoms with Gasteiger partial charge in [-0.2, -0.15) is 5.10 Å². The summed E-state index contributed by atoms with van der Waals surface area (Å²) >= 11 is 17.4. The molecule has 3 nitrogen and oxygen atoms in total. The Morgan fingerprint density at radius 3 is 2.62 bits per heavy atom. The van der Waals surface area contributed by atoms with Crippen LogP contribution in [0.15, 0.2) is 35.5 Å². The average Bonchev–Trinajstić information content (AvgIpc) is 3.04. The van der Waals surface area contributed by atoms with Crippen molar-refractivity contribution in [2.75, 3.05) is 0 Å². The van der Waals surface area contributed by atoms with Crippen LogP contribution in [0.3, 0.4) is 0 Å². The third-order valence-corrected chi connectivity index (χ3v) is 4.82. The van der Waals surface area contributed by atoms with Crippen molar-refractivity contribution in [3.63, 3.8) is 0 Å². The van der Waals surface area contributed by atoms with Gasteiger partial charge in [0.2, 0.25) is 0 Å². The summed E-state index contributed by atoms with van der Waals surface area (Å²) in [6.07, 6.45) is 8.54. The third kappa shape index (κ3) is 3.39. The normalized spacial score (nSPS) is 26.5. The van der Waals surface area contributed by atoms with Gasteiger partial charge in [0.25, 0.3) is 0 Å². The molecule has 2 aliphatic rings. The number of halogens is 2. The van der Waals surface area contributed by atoms with Crippen LogP contribution in [0.4, 0.5) is 0 Å². The number of rotatable bonds is 3. The highest BCUT2D eigenvalue weighted by Gasteiger charge is 2.35. The minimum atomic E-state index is 0.416. The molecule has 1 aromatic rings. The molecule has 2 bridgehead atoms. The van der Waals surface area contributed by atoms with Crippen molar-refractivity contribution in [2.24, 2.45) is 16.9 Å². The quantitative estimate of drug-likeness (QED) is 0.381. The Balaban J connectivity index is 1.54. The molecule has 1 fully saturated rings. The average molecular weight is 340 g/mol. The van der Waals surface area contributed by atoms with Crippen LogP contribution in [-0.4, -0.2) is 17.4 Å². The number of allylic oxidation sites excluding steroid dienone is 1. The first-order chi connectivity index (χ1) is 10.1. The van der Waals surface area contributed by atoms with Crippen molar-refractivity contribution in [1.29, 1.82) is 0 Å². The molecule has 0 saturated heterocycles. The molecule has 0 amide bonds. The fourth-order valence-electron chi connectivity index (χ4n) is 2.94. The molecule has 6 heteroatoms. The molecule has 0 spiro atoms. The van der Waals surface area contributed by atoms with E-state index in [0.717, 1.165) is 6.42 Å². The number of hydrogen-bond donors (Lipinski definition) is 2. The summed E-state index contributed by atoms with van der Waals surface area (Å²) in [5.41, 5.74) is 3.50. The van der Waals surface area contributed by atoms with E-state index in [1.807, 2.05) is 0 Å². The molecule has 0 unspecified atom stereocenters. The highest BCUT2D eigenvalue weighted by molar-refractivity contribution is 7.80. The van der Waals surface area contributed by atoms with E-state index in [1.165, 1.54) is 6.42 Å². The molecule has 1 saturated carbocycles. The lowest BCUT2D eigenvalue weighted by Crippen LogP contribution is -2.42. The standard InChI is InChI=1S/C15H15Cl2N3S/c16-12-2-1-3-13(17)11(12)8-18-20-15(21)19-14-7-9-4-5-10(14)6-9/h1-5,8-10,14H,6-7H2,(H2,19,20,21)/b18-8-/t9-,10-,14+/m0/s1. The fraction of sp³-hybridized carbons (Fsp3) is 0.333. The van der Waals surface area contributed by atoms with Crippen LogP contribution in [0.25, 0.3) is 0 Å². The van der Waals surface area contributed by atoms with Gasteiger partial charge in [-0.1, -0.05) is 41.4 Å². The SMILES string of the molecule is S=C(N/N=C\c1c(Cl)cccc1Cl)N[C@@H]1C[C@H]2C=C[C@H]1C2. The maximum Gasteiger partial charge on any atom is 0.187 e. The molecule has 0 aromatic heterocycles. The minimum Gasteiger partial charge on any atom is -0.358 e. The van der Waals surface area contributed by atoms with Crippen LogP contribution < -0.4 is 10.7 Å². The molecule has 1 aromatic carbocycles. The zero-order chi connectivity index (χ0) is 14.8. The second-order valence-electron chi connectivity index (χ2n) is 5.37. The van der Waals surface area contributed by atoms with Crippen LogP contribution >= 0.6 is 35.4 Å². The zero-order valence-corrected chi connectivity index (χ0v) is 13.6. The van der Waals surface area contributed by atoms with Crippen molar-refractivity contribution < 1.29 is 0 Å². The number of hydrazone groups is 1. The summed E-state index contributed by atoms with van der Waals surface area (Å²) < 4.78 is 0. The van der Waals surface area contributed by atoms with E-state index < -0.39 is 0 Å². The van der Waals surface area contributed by atoms with Gasteiger partial charge in [-0.15, -0.1) is 0 Å². The van der Waals surface area contributed by atoms with Gasteiger partial charge >= 0.3 is 0 Å². The van der Waals surface area contributed by atoms with Crippen molar-refractivity contribution in [2.45, 2.75) is 18.9 Å². The molecule has 3 rings (SSSR count). The monoisotopic (exact) mass is 339 g/mol. The summed E-state index contributed by atoms with van der Waals surface area (Å²) in [7, 11) is 0. The van der Waals surface area contributed by atoms with Crippen molar-refractivity contribution in [3.05, 3.63) is 46.0 Å². The summed E-state index contributed by atoms with van der Waals surface area (Å²) in [4.78, 5) is 0. The van der Waals surface area contributed by atoms with Crippen molar-refractivity contribution >= 4 is 46.7 Å².